The van der Waals surface area contributed by atoms with E-state index in [1.165, 1.54) is 11.1 Å². The number of piperazine rings is 1. The van der Waals surface area contributed by atoms with Crippen molar-refractivity contribution in [2.45, 2.75) is 19.4 Å². The fourth-order valence-electron chi connectivity index (χ4n) is 3.69. The molecule has 7 heteroatoms. The third-order valence-electron chi connectivity index (χ3n) is 5.25. The second-order valence-electron chi connectivity index (χ2n) is 7.49. The number of rotatable bonds is 9. The number of amides is 1. The predicted octanol–water partition coefficient (Wildman–Crippen LogP) is 3.54. The zero-order valence-electron chi connectivity index (χ0n) is 17.8. The minimum atomic E-state index is -0.437. The fraction of sp³-hybridized carbons (Fsp3) is 0.417. The molecule has 0 saturated carbocycles. The average Bonchev–Trinajstić information content (AvgIpc) is 2.80. The third kappa shape index (κ3) is 6.79. The number of ether oxygens (including phenoxy) is 2. The standard InChI is InChI=1S/C24H29ClN2O4/c1-2-16-31-23(29)18-30-17-22(28)26-12-14-27(15-13-26)24(19-6-4-3-5-7-19)20-8-10-21(25)11-9-20/h3-11,24H,2,12-18H2,1H3. The van der Waals surface area contributed by atoms with Gasteiger partial charge in [-0.1, -0.05) is 61.0 Å². The van der Waals surface area contributed by atoms with Crippen molar-refractivity contribution in [3.05, 3.63) is 70.7 Å². The van der Waals surface area contributed by atoms with Gasteiger partial charge in [0.05, 0.1) is 12.6 Å². The van der Waals surface area contributed by atoms with Crippen LogP contribution in [-0.2, 0) is 19.1 Å². The lowest BCUT2D eigenvalue weighted by Crippen LogP contribution is -2.50. The molecule has 1 unspecified atom stereocenters. The van der Waals surface area contributed by atoms with Gasteiger partial charge in [-0.3, -0.25) is 9.69 Å². The van der Waals surface area contributed by atoms with Crippen LogP contribution in [0.4, 0.5) is 0 Å². The van der Waals surface area contributed by atoms with Crippen LogP contribution in [0, 0.1) is 0 Å². The smallest absolute Gasteiger partial charge is 0.332 e. The summed E-state index contributed by atoms with van der Waals surface area (Å²) < 4.78 is 10.2. The van der Waals surface area contributed by atoms with E-state index < -0.39 is 5.97 Å². The maximum absolute atomic E-state index is 12.5. The highest BCUT2D eigenvalue weighted by molar-refractivity contribution is 6.30. The summed E-state index contributed by atoms with van der Waals surface area (Å²) in [5.74, 6) is -0.543. The fourth-order valence-corrected chi connectivity index (χ4v) is 3.82. The van der Waals surface area contributed by atoms with Crippen molar-refractivity contribution in [3.8, 4) is 0 Å². The van der Waals surface area contributed by atoms with E-state index in [9.17, 15) is 9.59 Å². The first-order chi connectivity index (χ1) is 15.1. The summed E-state index contributed by atoms with van der Waals surface area (Å²) in [6, 6.07) is 18.4. The normalized spacial score (nSPS) is 15.5. The molecule has 1 aliphatic rings. The molecule has 1 heterocycles. The average molecular weight is 445 g/mol. The second-order valence-corrected chi connectivity index (χ2v) is 7.93. The first-order valence-electron chi connectivity index (χ1n) is 10.6. The Kier molecular flexibility index (Phi) is 8.88. The molecular formula is C24H29ClN2O4. The molecule has 31 heavy (non-hydrogen) atoms. The Morgan fingerprint density at radius 3 is 2.23 bits per heavy atom. The van der Waals surface area contributed by atoms with Gasteiger partial charge in [0, 0.05) is 31.2 Å². The number of nitrogens with zero attached hydrogens (tertiary/aromatic N) is 2. The molecule has 0 spiro atoms. The summed E-state index contributed by atoms with van der Waals surface area (Å²) in [7, 11) is 0. The van der Waals surface area contributed by atoms with Gasteiger partial charge in [-0.25, -0.2) is 4.79 Å². The second kappa shape index (κ2) is 11.8. The van der Waals surface area contributed by atoms with Gasteiger partial charge in [-0.05, 0) is 29.7 Å². The number of hydrogen-bond acceptors (Lipinski definition) is 5. The molecule has 0 aliphatic carbocycles. The zero-order chi connectivity index (χ0) is 22.1. The number of esters is 1. The Labute approximate surface area is 188 Å². The van der Waals surface area contributed by atoms with E-state index >= 15 is 0 Å². The van der Waals surface area contributed by atoms with Crippen LogP contribution in [0.25, 0.3) is 0 Å². The van der Waals surface area contributed by atoms with Crippen LogP contribution in [0.1, 0.15) is 30.5 Å². The predicted molar refractivity (Wildman–Crippen MR) is 120 cm³/mol. The topological polar surface area (TPSA) is 59.1 Å². The number of carbonyl (C=O) groups excluding carboxylic acids is 2. The van der Waals surface area contributed by atoms with Crippen LogP contribution in [0.2, 0.25) is 5.02 Å². The molecule has 0 aromatic heterocycles. The highest BCUT2D eigenvalue weighted by Crippen LogP contribution is 2.30. The zero-order valence-corrected chi connectivity index (χ0v) is 18.6. The quantitative estimate of drug-likeness (QED) is 0.553. The Balaban J connectivity index is 1.56. The summed E-state index contributed by atoms with van der Waals surface area (Å²) in [6.07, 6.45) is 0.759. The van der Waals surface area contributed by atoms with E-state index in [0.717, 1.165) is 19.5 Å². The monoisotopic (exact) mass is 444 g/mol. The van der Waals surface area contributed by atoms with Gasteiger partial charge < -0.3 is 14.4 Å². The van der Waals surface area contributed by atoms with Gasteiger partial charge in [0.15, 0.2) is 0 Å². The molecule has 3 rings (SSSR count). The van der Waals surface area contributed by atoms with Gasteiger partial charge in [0.2, 0.25) is 5.91 Å². The summed E-state index contributed by atoms with van der Waals surface area (Å²) >= 11 is 6.09. The molecule has 1 fully saturated rings. The van der Waals surface area contributed by atoms with E-state index in [-0.39, 0.29) is 25.2 Å². The number of hydrogen-bond donors (Lipinski definition) is 0. The SMILES string of the molecule is CCCOC(=O)COCC(=O)N1CCN(C(c2ccccc2)c2ccc(Cl)cc2)CC1. The molecule has 1 aliphatic heterocycles. The van der Waals surface area contributed by atoms with E-state index in [4.69, 9.17) is 21.1 Å². The number of halogens is 1. The van der Waals surface area contributed by atoms with Crippen LogP contribution >= 0.6 is 11.6 Å². The molecule has 6 nitrogen and oxygen atoms in total. The van der Waals surface area contributed by atoms with Crippen LogP contribution < -0.4 is 0 Å². The Bertz CT molecular complexity index is 836. The molecule has 166 valence electrons. The van der Waals surface area contributed by atoms with Gasteiger partial charge in [0.1, 0.15) is 13.2 Å². The Morgan fingerprint density at radius 2 is 1.58 bits per heavy atom. The number of benzene rings is 2. The molecule has 2 aromatic rings. The maximum atomic E-state index is 12.5. The third-order valence-corrected chi connectivity index (χ3v) is 5.50. The largest absolute Gasteiger partial charge is 0.464 e. The molecule has 1 saturated heterocycles. The van der Waals surface area contributed by atoms with Crippen molar-refractivity contribution in [2.75, 3.05) is 46.0 Å². The minimum Gasteiger partial charge on any atom is -0.464 e. The van der Waals surface area contributed by atoms with E-state index in [1.807, 2.05) is 37.3 Å². The Hall–Kier alpha value is -2.41. The molecule has 0 N–H and O–H groups in total. The molecular weight excluding hydrogens is 416 g/mol. The van der Waals surface area contributed by atoms with Crippen molar-refractivity contribution in [1.82, 2.24) is 9.80 Å². The van der Waals surface area contributed by atoms with Crippen molar-refractivity contribution in [1.29, 1.82) is 0 Å². The first kappa shape index (κ1) is 23.3. The van der Waals surface area contributed by atoms with Crippen LogP contribution in [-0.4, -0.2) is 67.7 Å². The van der Waals surface area contributed by atoms with Gasteiger partial charge in [-0.2, -0.15) is 0 Å². The van der Waals surface area contributed by atoms with E-state index in [2.05, 4.69) is 29.2 Å². The van der Waals surface area contributed by atoms with Gasteiger partial charge >= 0.3 is 5.97 Å². The van der Waals surface area contributed by atoms with Gasteiger partial charge in [-0.15, -0.1) is 0 Å². The maximum Gasteiger partial charge on any atom is 0.332 e. The summed E-state index contributed by atoms with van der Waals surface area (Å²) in [5, 5.41) is 0.713. The molecule has 0 radical (unpaired) electrons. The van der Waals surface area contributed by atoms with E-state index in [1.54, 1.807) is 4.90 Å². The van der Waals surface area contributed by atoms with Crippen molar-refractivity contribution in [3.63, 3.8) is 0 Å². The van der Waals surface area contributed by atoms with Crippen LogP contribution in [0.5, 0.6) is 0 Å². The number of carbonyl (C=O) groups is 2. The Morgan fingerprint density at radius 1 is 0.935 bits per heavy atom. The highest BCUT2D eigenvalue weighted by atomic mass is 35.5. The van der Waals surface area contributed by atoms with Crippen molar-refractivity contribution >= 4 is 23.5 Å². The lowest BCUT2D eigenvalue weighted by atomic mass is 9.96. The van der Waals surface area contributed by atoms with E-state index in [0.29, 0.717) is 24.7 Å². The molecule has 1 atom stereocenters. The van der Waals surface area contributed by atoms with Crippen molar-refractivity contribution < 1.29 is 19.1 Å². The summed E-state index contributed by atoms with van der Waals surface area (Å²) in [4.78, 5) is 28.1. The minimum absolute atomic E-state index is 0.0975. The van der Waals surface area contributed by atoms with Crippen LogP contribution in [0.15, 0.2) is 54.6 Å². The van der Waals surface area contributed by atoms with Gasteiger partial charge in [0.25, 0.3) is 0 Å². The molecule has 1 amide bonds. The molecule has 2 aromatic carbocycles. The lowest BCUT2D eigenvalue weighted by molar-refractivity contribution is -0.151. The van der Waals surface area contributed by atoms with Crippen LogP contribution in [0.3, 0.4) is 0 Å². The first-order valence-corrected chi connectivity index (χ1v) is 11.0. The lowest BCUT2D eigenvalue weighted by Gasteiger charge is -2.39. The summed E-state index contributed by atoms with van der Waals surface area (Å²) in [5.41, 5.74) is 2.38. The van der Waals surface area contributed by atoms with Crippen molar-refractivity contribution in [2.24, 2.45) is 0 Å². The summed E-state index contributed by atoms with van der Waals surface area (Å²) in [6.45, 7) is 4.69. The molecule has 0 bridgehead atoms. The highest BCUT2D eigenvalue weighted by Gasteiger charge is 2.28.